The molecule has 0 heterocycles. The Morgan fingerprint density at radius 1 is 1.00 bits per heavy atom. The third-order valence-electron chi connectivity index (χ3n) is 5.67. The molecule has 30 heavy (non-hydrogen) atoms. The lowest BCUT2D eigenvalue weighted by Gasteiger charge is -2.43. The van der Waals surface area contributed by atoms with Gasteiger partial charge in [0.05, 0.1) is 5.54 Å². The molecule has 0 atom stereocenters. The van der Waals surface area contributed by atoms with E-state index in [0.29, 0.717) is 5.69 Å². The van der Waals surface area contributed by atoms with Gasteiger partial charge >= 0.3 is 12.2 Å². The van der Waals surface area contributed by atoms with Crippen LogP contribution in [-0.4, -0.2) is 17.8 Å². The first kappa shape index (κ1) is 21.7. The van der Waals surface area contributed by atoms with Gasteiger partial charge in [-0.25, -0.2) is 9.59 Å². The van der Waals surface area contributed by atoms with Crippen LogP contribution in [-0.2, 0) is 21.6 Å². The number of ether oxygens (including phenoxy) is 2. The molecular weight excluding hydrogens is 380 g/mol. The molecule has 1 aliphatic rings. The van der Waals surface area contributed by atoms with Crippen LogP contribution in [0.15, 0.2) is 54.6 Å². The Morgan fingerprint density at radius 2 is 1.67 bits per heavy atom. The third kappa shape index (κ3) is 5.53. The van der Waals surface area contributed by atoms with E-state index in [1.165, 1.54) is 0 Å². The van der Waals surface area contributed by atoms with E-state index in [-0.39, 0.29) is 6.61 Å². The van der Waals surface area contributed by atoms with E-state index < -0.39 is 23.3 Å². The fourth-order valence-electron chi connectivity index (χ4n) is 3.31. The van der Waals surface area contributed by atoms with E-state index >= 15 is 0 Å². The predicted molar refractivity (Wildman–Crippen MR) is 116 cm³/mol. The van der Waals surface area contributed by atoms with Gasteiger partial charge in [-0.15, -0.1) is 0 Å². The van der Waals surface area contributed by atoms with Crippen molar-refractivity contribution in [1.29, 1.82) is 0 Å². The lowest BCUT2D eigenvalue weighted by Crippen LogP contribution is -2.52. The highest BCUT2D eigenvalue weighted by Crippen LogP contribution is 2.41. The van der Waals surface area contributed by atoms with Crippen LogP contribution in [0.2, 0.25) is 0 Å². The Bertz CT molecular complexity index is 859. The number of carbonyl (C=O) groups is 2. The van der Waals surface area contributed by atoms with Gasteiger partial charge in [0, 0.05) is 5.69 Å². The van der Waals surface area contributed by atoms with Gasteiger partial charge in [0.2, 0.25) is 0 Å². The fourth-order valence-corrected chi connectivity index (χ4v) is 3.31. The quantitative estimate of drug-likeness (QED) is 0.611. The summed E-state index contributed by atoms with van der Waals surface area (Å²) in [7, 11) is 0. The van der Waals surface area contributed by atoms with Crippen molar-refractivity contribution in [2.75, 3.05) is 5.32 Å². The first-order valence-corrected chi connectivity index (χ1v) is 10.4. The Morgan fingerprint density at radius 3 is 2.23 bits per heavy atom. The summed E-state index contributed by atoms with van der Waals surface area (Å²) >= 11 is 0. The van der Waals surface area contributed by atoms with Crippen LogP contribution in [0.1, 0.15) is 57.6 Å². The van der Waals surface area contributed by atoms with Crippen molar-refractivity contribution in [2.45, 2.75) is 64.2 Å². The topological polar surface area (TPSA) is 76.7 Å². The summed E-state index contributed by atoms with van der Waals surface area (Å²) in [5.74, 6) is 0. The van der Waals surface area contributed by atoms with Gasteiger partial charge in [0.25, 0.3) is 0 Å². The largest absolute Gasteiger partial charge is 0.444 e. The van der Waals surface area contributed by atoms with E-state index in [9.17, 15) is 9.59 Å². The lowest BCUT2D eigenvalue weighted by atomic mass is 9.72. The van der Waals surface area contributed by atoms with Gasteiger partial charge in [-0.3, -0.25) is 5.32 Å². The second-order valence-corrected chi connectivity index (χ2v) is 8.33. The Labute approximate surface area is 178 Å². The normalized spacial score (nSPS) is 14.9. The molecule has 1 saturated carbocycles. The van der Waals surface area contributed by atoms with Crippen molar-refractivity contribution in [3.05, 3.63) is 65.7 Å². The summed E-state index contributed by atoms with van der Waals surface area (Å²) in [6.45, 7) is 6.01. The number of hydrogen-bond acceptors (Lipinski definition) is 4. The van der Waals surface area contributed by atoms with Crippen LogP contribution in [0.5, 0.6) is 0 Å². The molecule has 1 aliphatic carbocycles. The number of anilines is 1. The zero-order chi connectivity index (χ0) is 21.6. The molecule has 0 unspecified atom stereocenters. The number of alkyl carbamates (subject to hydrolysis) is 1. The molecule has 6 nitrogen and oxygen atoms in total. The number of nitrogens with one attached hydrogen (secondary N) is 2. The monoisotopic (exact) mass is 410 g/mol. The molecule has 6 heteroatoms. The maximum atomic E-state index is 12.4. The molecule has 0 spiro atoms. The first-order chi connectivity index (χ1) is 14.3. The molecule has 0 radical (unpaired) electrons. The number of carbonyl (C=O) groups excluding carboxylic acids is 2. The zero-order valence-electron chi connectivity index (χ0n) is 17.9. The van der Waals surface area contributed by atoms with Crippen LogP contribution >= 0.6 is 0 Å². The van der Waals surface area contributed by atoms with Crippen molar-refractivity contribution < 1.29 is 19.1 Å². The third-order valence-corrected chi connectivity index (χ3v) is 5.67. The van der Waals surface area contributed by atoms with Crippen molar-refractivity contribution >= 4 is 17.9 Å². The van der Waals surface area contributed by atoms with Crippen LogP contribution in [0.25, 0.3) is 0 Å². The summed E-state index contributed by atoms with van der Waals surface area (Å²) in [5, 5.41) is 5.80. The van der Waals surface area contributed by atoms with Gasteiger partial charge < -0.3 is 14.8 Å². The first-order valence-electron chi connectivity index (χ1n) is 10.4. The minimum atomic E-state index is -0.506. The smallest absolute Gasteiger partial charge is 0.411 e. The average molecular weight is 411 g/mol. The van der Waals surface area contributed by atoms with Gasteiger partial charge in [0.15, 0.2) is 0 Å². The molecule has 2 aromatic carbocycles. The van der Waals surface area contributed by atoms with Crippen LogP contribution in [0.4, 0.5) is 15.3 Å². The van der Waals surface area contributed by atoms with E-state index in [2.05, 4.69) is 10.6 Å². The van der Waals surface area contributed by atoms with Crippen molar-refractivity contribution in [3.63, 3.8) is 0 Å². The molecular formula is C24H30N2O4. The lowest BCUT2D eigenvalue weighted by molar-refractivity contribution is 0.0236. The van der Waals surface area contributed by atoms with Crippen molar-refractivity contribution in [1.82, 2.24) is 5.32 Å². The SMILES string of the molecule is CCC(C)(C)OC(=O)NC1(c2ccc(NC(=O)OCc3ccccc3)cc2)CCC1. The molecule has 3 rings (SSSR count). The average Bonchev–Trinajstić information content (AvgIpc) is 2.70. The highest BCUT2D eigenvalue weighted by atomic mass is 16.6. The van der Waals surface area contributed by atoms with E-state index in [1.807, 2.05) is 75.4 Å². The molecule has 2 aromatic rings. The van der Waals surface area contributed by atoms with Gasteiger partial charge in [-0.05, 0) is 62.8 Å². The number of rotatable bonds is 7. The molecule has 2 N–H and O–H groups in total. The summed E-state index contributed by atoms with van der Waals surface area (Å²) < 4.78 is 10.8. The molecule has 160 valence electrons. The zero-order valence-corrected chi connectivity index (χ0v) is 17.9. The highest BCUT2D eigenvalue weighted by molar-refractivity contribution is 5.84. The van der Waals surface area contributed by atoms with E-state index in [0.717, 1.165) is 36.8 Å². The minimum Gasteiger partial charge on any atom is -0.444 e. The summed E-state index contributed by atoms with van der Waals surface area (Å²) in [6.07, 6.45) is 2.61. The van der Waals surface area contributed by atoms with E-state index in [4.69, 9.17) is 9.47 Å². The second kappa shape index (κ2) is 9.20. The molecule has 0 aliphatic heterocycles. The summed E-state index contributed by atoms with van der Waals surface area (Å²) in [5.41, 5.74) is 1.67. The van der Waals surface area contributed by atoms with Crippen LogP contribution in [0.3, 0.4) is 0 Å². The number of benzene rings is 2. The Hall–Kier alpha value is -3.02. The van der Waals surface area contributed by atoms with Crippen LogP contribution in [0, 0.1) is 0 Å². The molecule has 2 amide bonds. The van der Waals surface area contributed by atoms with Gasteiger partial charge in [-0.1, -0.05) is 49.4 Å². The van der Waals surface area contributed by atoms with E-state index in [1.54, 1.807) is 0 Å². The maximum absolute atomic E-state index is 12.4. The standard InChI is InChI=1S/C24H30N2O4/c1-4-23(2,3)30-22(28)26-24(15-8-16-24)19-11-13-20(14-12-19)25-21(27)29-17-18-9-6-5-7-10-18/h5-7,9-14H,4,8,15-17H2,1-3H3,(H,25,27)(H,26,28). The molecule has 0 aromatic heterocycles. The molecule has 0 saturated heterocycles. The minimum absolute atomic E-state index is 0.216. The second-order valence-electron chi connectivity index (χ2n) is 8.33. The number of amides is 2. The Balaban J connectivity index is 1.57. The number of hydrogen-bond donors (Lipinski definition) is 2. The highest BCUT2D eigenvalue weighted by Gasteiger charge is 2.41. The Kier molecular flexibility index (Phi) is 6.65. The molecule has 1 fully saturated rings. The van der Waals surface area contributed by atoms with Crippen molar-refractivity contribution in [2.24, 2.45) is 0 Å². The summed E-state index contributed by atoms with van der Waals surface area (Å²) in [6, 6.07) is 17.0. The predicted octanol–water partition coefficient (Wildman–Crippen LogP) is 5.73. The van der Waals surface area contributed by atoms with Crippen LogP contribution < -0.4 is 10.6 Å². The molecule has 0 bridgehead atoms. The summed E-state index contributed by atoms with van der Waals surface area (Å²) in [4.78, 5) is 24.4. The van der Waals surface area contributed by atoms with Crippen molar-refractivity contribution in [3.8, 4) is 0 Å². The maximum Gasteiger partial charge on any atom is 0.411 e. The fraction of sp³-hybridized carbons (Fsp3) is 0.417. The van der Waals surface area contributed by atoms with Gasteiger partial charge in [0.1, 0.15) is 12.2 Å². The van der Waals surface area contributed by atoms with Gasteiger partial charge in [-0.2, -0.15) is 0 Å².